The first-order chi connectivity index (χ1) is 18.2. The monoisotopic (exact) mass is 514 g/mol. The van der Waals surface area contributed by atoms with E-state index < -0.39 is 0 Å². The van der Waals surface area contributed by atoms with Gasteiger partial charge in [-0.05, 0) is 55.5 Å². The number of aliphatic hydroxyl groups excluding tert-OH is 1. The Balaban J connectivity index is 1.91. The van der Waals surface area contributed by atoms with Crippen molar-refractivity contribution < 1.29 is 33.8 Å². The summed E-state index contributed by atoms with van der Waals surface area (Å²) >= 11 is 0. The predicted octanol–water partition coefficient (Wildman–Crippen LogP) is 5.18. The molecule has 1 aromatic carbocycles. The third-order valence-corrected chi connectivity index (χ3v) is 6.63. The van der Waals surface area contributed by atoms with Crippen LogP contribution in [0.1, 0.15) is 56.2 Å². The maximum Gasteiger partial charge on any atom is 0.188 e. The first-order valence-electron chi connectivity index (χ1n) is 13.0. The highest BCUT2D eigenvalue weighted by Crippen LogP contribution is 2.46. The number of nitrogens with zero attached hydrogens (tertiary/aromatic N) is 2. The minimum Gasteiger partial charge on any atom is -0.467 e. The van der Waals surface area contributed by atoms with Gasteiger partial charge < -0.3 is 28.6 Å². The first-order valence-corrected chi connectivity index (χ1v) is 13.0. The van der Waals surface area contributed by atoms with Crippen LogP contribution in [0, 0.1) is 0 Å². The number of rotatable bonds is 14. The summed E-state index contributed by atoms with van der Waals surface area (Å²) in [5.74, 6) is 1.65. The topological polar surface area (TPSA) is 93.4 Å². The molecule has 2 aromatic heterocycles. The third kappa shape index (κ3) is 6.42. The van der Waals surface area contributed by atoms with Crippen LogP contribution in [0.2, 0.25) is 0 Å². The fraction of sp³-hybridized carbons (Fsp3) is 0.536. The van der Waals surface area contributed by atoms with E-state index in [0.717, 1.165) is 40.8 Å². The summed E-state index contributed by atoms with van der Waals surface area (Å²) in [7, 11) is 3.18. The molecule has 9 heteroatoms. The third-order valence-electron chi connectivity index (χ3n) is 6.63. The molecule has 0 amide bonds. The van der Waals surface area contributed by atoms with Crippen molar-refractivity contribution >= 4 is 11.0 Å². The molecule has 1 N–H and O–H groups in total. The van der Waals surface area contributed by atoms with Gasteiger partial charge in [0.1, 0.15) is 23.8 Å². The van der Waals surface area contributed by atoms with Crippen molar-refractivity contribution in [3.8, 4) is 22.8 Å². The molecule has 1 aliphatic carbocycles. The number of benzene rings is 1. The zero-order chi connectivity index (χ0) is 26.0. The molecule has 0 atom stereocenters. The molecule has 3 aromatic rings. The van der Waals surface area contributed by atoms with E-state index in [1.54, 1.807) is 14.2 Å². The van der Waals surface area contributed by atoms with Crippen LogP contribution in [0.4, 0.5) is 0 Å². The number of aliphatic hydroxyl groups is 1. The lowest BCUT2D eigenvalue weighted by molar-refractivity contribution is -0.301. The second kappa shape index (κ2) is 13.7. The molecule has 1 fully saturated rings. The van der Waals surface area contributed by atoms with Crippen LogP contribution in [-0.4, -0.2) is 55.7 Å². The van der Waals surface area contributed by atoms with Gasteiger partial charge in [0.2, 0.25) is 0 Å². The summed E-state index contributed by atoms with van der Waals surface area (Å²) in [6, 6.07) is 9.89. The average Bonchev–Trinajstić information content (AvgIpc) is 3.24. The molecule has 2 heterocycles. The maximum absolute atomic E-state index is 10.1. The van der Waals surface area contributed by atoms with Gasteiger partial charge >= 0.3 is 0 Å². The Bertz CT molecular complexity index is 1140. The number of pyridine rings is 1. The van der Waals surface area contributed by atoms with Gasteiger partial charge in [-0.2, -0.15) is 0 Å². The smallest absolute Gasteiger partial charge is 0.188 e. The highest BCUT2D eigenvalue weighted by atomic mass is 17.2. The SMILES string of the molecule is CCOOCc1ccc2c(C3CCCCC3)c(-c3ccc(OCOC)cc3OCOC)n(CCO)c2n1. The molecule has 0 bridgehead atoms. The van der Waals surface area contributed by atoms with Crippen LogP contribution in [-0.2, 0) is 32.4 Å². The lowest BCUT2D eigenvalue weighted by Crippen LogP contribution is -2.10. The van der Waals surface area contributed by atoms with E-state index in [0.29, 0.717) is 30.6 Å². The highest BCUT2D eigenvalue weighted by Gasteiger charge is 2.29. The van der Waals surface area contributed by atoms with Gasteiger partial charge in [0.05, 0.1) is 24.6 Å². The van der Waals surface area contributed by atoms with E-state index in [4.69, 9.17) is 33.7 Å². The van der Waals surface area contributed by atoms with Gasteiger partial charge in [0.15, 0.2) is 13.6 Å². The number of hydrogen-bond acceptors (Lipinski definition) is 8. The molecule has 0 aliphatic heterocycles. The molecule has 37 heavy (non-hydrogen) atoms. The minimum atomic E-state index is -0.0223. The molecule has 4 rings (SSSR count). The van der Waals surface area contributed by atoms with Crippen LogP contribution in [0.3, 0.4) is 0 Å². The standard InChI is InChI=1S/C28H38N2O7/c1-4-36-37-17-21-10-12-24-26(20-8-6-5-7-9-20)27(30(14-15-31)28(24)29-21)23-13-11-22(34-18-32-2)16-25(23)35-19-33-3/h10-13,16,20,31H,4-9,14-15,17-19H2,1-3H3. The second-order valence-corrected chi connectivity index (χ2v) is 9.07. The molecule has 9 nitrogen and oxygen atoms in total. The molecule has 0 radical (unpaired) electrons. The van der Waals surface area contributed by atoms with E-state index in [2.05, 4.69) is 10.6 Å². The van der Waals surface area contributed by atoms with E-state index in [1.807, 2.05) is 31.2 Å². The van der Waals surface area contributed by atoms with Crippen molar-refractivity contribution in [2.75, 3.05) is 41.0 Å². The van der Waals surface area contributed by atoms with E-state index in [1.165, 1.54) is 24.8 Å². The van der Waals surface area contributed by atoms with Crippen LogP contribution < -0.4 is 9.47 Å². The Morgan fingerprint density at radius 3 is 2.49 bits per heavy atom. The minimum absolute atomic E-state index is 0.0223. The lowest BCUT2D eigenvalue weighted by atomic mass is 9.82. The number of methoxy groups -OCH3 is 2. The van der Waals surface area contributed by atoms with E-state index >= 15 is 0 Å². The van der Waals surface area contributed by atoms with Crippen molar-refractivity contribution in [1.29, 1.82) is 0 Å². The van der Waals surface area contributed by atoms with Crippen molar-refractivity contribution in [1.82, 2.24) is 9.55 Å². The zero-order valence-electron chi connectivity index (χ0n) is 22.0. The number of ether oxygens (including phenoxy) is 4. The Kier molecular flexibility index (Phi) is 10.2. The van der Waals surface area contributed by atoms with Crippen molar-refractivity contribution in [2.24, 2.45) is 0 Å². The summed E-state index contributed by atoms with van der Waals surface area (Å²) in [6.45, 7) is 3.19. The van der Waals surface area contributed by atoms with E-state index in [9.17, 15) is 5.11 Å². The normalized spacial score (nSPS) is 14.4. The molecule has 0 unspecified atom stereocenters. The van der Waals surface area contributed by atoms with Crippen LogP contribution in [0.5, 0.6) is 11.5 Å². The van der Waals surface area contributed by atoms with Crippen LogP contribution in [0.25, 0.3) is 22.3 Å². The summed E-state index contributed by atoms with van der Waals surface area (Å²) < 4.78 is 24.1. The summed E-state index contributed by atoms with van der Waals surface area (Å²) in [6.07, 6.45) is 5.88. The largest absolute Gasteiger partial charge is 0.467 e. The van der Waals surface area contributed by atoms with Gasteiger partial charge in [0.25, 0.3) is 0 Å². The molecule has 0 spiro atoms. The number of hydrogen-bond donors (Lipinski definition) is 1. The summed E-state index contributed by atoms with van der Waals surface area (Å²) in [5, 5.41) is 11.2. The number of fused-ring (bicyclic) bond motifs is 1. The van der Waals surface area contributed by atoms with Gasteiger partial charge in [-0.25, -0.2) is 14.8 Å². The fourth-order valence-electron chi connectivity index (χ4n) is 5.12. The highest BCUT2D eigenvalue weighted by molar-refractivity contribution is 5.92. The molecule has 1 aliphatic rings. The maximum atomic E-state index is 10.1. The van der Waals surface area contributed by atoms with Gasteiger partial charge in [0, 0.05) is 37.8 Å². The predicted molar refractivity (Wildman–Crippen MR) is 140 cm³/mol. The Morgan fingerprint density at radius 2 is 1.76 bits per heavy atom. The van der Waals surface area contributed by atoms with Gasteiger partial charge in [-0.3, -0.25) is 0 Å². The Morgan fingerprint density at radius 1 is 0.973 bits per heavy atom. The molecule has 1 saturated carbocycles. The average molecular weight is 515 g/mol. The fourth-order valence-corrected chi connectivity index (χ4v) is 5.12. The Hall–Kier alpha value is -2.69. The quantitative estimate of drug-likeness (QED) is 0.136. The first kappa shape index (κ1) is 27.3. The Labute approximate surface area is 218 Å². The van der Waals surface area contributed by atoms with E-state index in [-0.39, 0.29) is 26.8 Å². The molecule has 0 saturated heterocycles. The summed E-state index contributed by atoms with van der Waals surface area (Å²) in [5.41, 5.74) is 4.75. The lowest BCUT2D eigenvalue weighted by Gasteiger charge is -2.24. The number of aromatic nitrogens is 2. The molecular formula is C28H38N2O7. The van der Waals surface area contributed by atoms with Gasteiger partial charge in [-0.1, -0.05) is 19.3 Å². The van der Waals surface area contributed by atoms with Crippen molar-refractivity contribution in [3.05, 3.63) is 41.6 Å². The second-order valence-electron chi connectivity index (χ2n) is 9.07. The summed E-state index contributed by atoms with van der Waals surface area (Å²) in [4.78, 5) is 15.3. The van der Waals surface area contributed by atoms with Crippen LogP contribution in [0.15, 0.2) is 30.3 Å². The molecular weight excluding hydrogens is 476 g/mol. The van der Waals surface area contributed by atoms with Gasteiger partial charge in [-0.15, -0.1) is 0 Å². The van der Waals surface area contributed by atoms with Crippen molar-refractivity contribution in [2.45, 2.75) is 58.1 Å². The van der Waals surface area contributed by atoms with Crippen molar-refractivity contribution in [3.63, 3.8) is 0 Å². The van der Waals surface area contributed by atoms with Crippen LogP contribution >= 0.6 is 0 Å². The zero-order valence-corrected chi connectivity index (χ0v) is 22.0. The molecule has 202 valence electrons.